The molecule has 0 spiro atoms. The number of carboxylic acids is 1. The summed E-state index contributed by atoms with van der Waals surface area (Å²) < 4.78 is 12.5. The molecule has 2 heterocycles. The van der Waals surface area contributed by atoms with Gasteiger partial charge in [-0.25, -0.2) is 4.79 Å². The van der Waals surface area contributed by atoms with Gasteiger partial charge in [-0.15, -0.1) is 0 Å². The molecule has 0 radical (unpaired) electrons. The molecule has 0 bridgehead atoms. The van der Waals surface area contributed by atoms with E-state index in [4.69, 9.17) is 37.9 Å². The van der Waals surface area contributed by atoms with Gasteiger partial charge >= 0.3 is 5.97 Å². The number of nitriles is 1. The monoisotopic (exact) mass is 878 g/mol. The van der Waals surface area contributed by atoms with Crippen molar-refractivity contribution in [2.75, 3.05) is 11.9 Å². The number of fused-ring (bicyclic) bond motifs is 2. The van der Waals surface area contributed by atoms with Crippen molar-refractivity contribution in [3.8, 4) is 28.7 Å². The van der Waals surface area contributed by atoms with Crippen LogP contribution in [0.5, 0.6) is 11.5 Å². The lowest BCUT2D eigenvalue weighted by molar-refractivity contribution is -0.143. The van der Waals surface area contributed by atoms with Crippen molar-refractivity contribution in [3.05, 3.63) is 182 Å². The van der Waals surface area contributed by atoms with Gasteiger partial charge in [0.25, 0.3) is 5.91 Å². The first kappa shape index (κ1) is 43.0. The zero-order chi connectivity index (χ0) is 44.2. The highest BCUT2D eigenvalue weighted by Gasteiger charge is 2.40. The lowest BCUT2D eigenvalue weighted by Gasteiger charge is -2.42. The van der Waals surface area contributed by atoms with E-state index in [-0.39, 0.29) is 30.9 Å². The van der Waals surface area contributed by atoms with Gasteiger partial charge in [0.15, 0.2) is 0 Å². The second-order valence-corrected chi connectivity index (χ2v) is 16.6. The third kappa shape index (κ3) is 9.42. The van der Waals surface area contributed by atoms with E-state index in [9.17, 15) is 19.5 Å². The lowest BCUT2D eigenvalue weighted by Crippen LogP contribution is -2.55. The first-order valence-corrected chi connectivity index (χ1v) is 21.4. The fraction of sp³-hybridized carbons (Fsp3) is 0.216. The van der Waals surface area contributed by atoms with Crippen LogP contribution in [0.25, 0.3) is 11.1 Å². The molecule has 8 rings (SSSR count). The molecule has 2 amide bonds. The van der Waals surface area contributed by atoms with E-state index in [1.54, 1.807) is 48.3 Å². The van der Waals surface area contributed by atoms with Gasteiger partial charge in [0.05, 0.1) is 33.4 Å². The number of amides is 2. The van der Waals surface area contributed by atoms with Gasteiger partial charge in [0, 0.05) is 31.6 Å². The van der Waals surface area contributed by atoms with Gasteiger partial charge in [-0.1, -0.05) is 115 Å². The largest absolute Gasteiger partial charge is 0.489 e. The molecular weight excluding hydrogens is 835 g/mol. The van der Waals surface area contributed by atoms with Crippen LogP contribution in [-0.4, -0.2) is 46.9 Å². The molecule has 0 aromatic heterocycles. The van der Waals surface area contributed by atoms with Crippen molar-refractivity contribution in [2.45, 2.75) is 63.6 Å². The van der Waals surface area contributed by atoms with Crippen LogP contribution in [0.3, 0.4) is 0 Å². The smallest absolute Gasteiger partial charge is 0.326 e. The number of ether oxygens (including phenoxy) is 2. The van der Waals surface area contributed by atoms with Crippen LogP contribution in [0.15, 0.2) is 133 Å². The third-order valence-electron chi connectivity index (χ3n) is 11.8. The Hall–Kier alpha value is -6.64. The number of aliphatic carboxylic acids is 1. The Morgan fingerprint density at radius 3 is 2.21 bits per heavy atom. The number of anilines is 1. The summed E-state index contributed by atoms with van der Waals surface area (Å²) in [4.78, 5) is 44.8. The van der Waals surface area contributed by atoms with Gasteiger partial charge in [-0.05, 0) is 100 Å². The predicted molar refractivity (Wildman–Crippen MR) is 243 cm³/mol. The van der Waals surface area contributed by atoms with Crippen molar-refractivity contribution in [2.24, 2.45) is 0 Å². The number of likely N-dealkylation sites (N-methyl/N-ethyl adjacent to an activating group) is 1. The normalized spacial score (nSPS) is 16.7. The maximum absolute atomic E-state index is 14.5. The van der Waals surface area contributed by atoms with Gasteiger partial charge < -0.3 is 24.8 Å². The zero-order valence-electron chi connectivity index (χ0n) is 34.6. The first-order valence-electron chi connectivity index (χ1n) is 20.7. The molecule has 2 N–H and O–H groups in total. The molecule has 0 aliphatic carbocycles. The quantitative estimate of drug-likeness (QED) is 0.117. The number of hydrogen-bond acceptors (Lipinski definition) is 7. The van der Waals surface area contributed by atoms with Crippen molar-refractivity contribution in [1.82, 2.24) is 10.2 Å². The van der Waals surface area contributed by atoms with Crippen molar-refractivity contribution < 1.29 is 29.0 Å². The van der Waals surface area contributed by atoms with Crippen LogP contribution < -0.4 is 19.7 Å². The van der Waals surface area contributed by atoms with Gasteiger partial charge in [-0.3, -0.25) is 14.5 Å². The maximum Gasteiger partial charge on any atom is 0.326 e. The average Bonchev–Trinajstić information content (AvgIpc) is 3.30. The van der Waals surface area contributed by atoms with E-state index < -0.39 is 24.2 Å². The summed E-state index contributed by atoms with van der Waals surface area (Å²) in [6, 6.07) is 41.3. The number of benzene rings is 6. The summed E-state index contributed by atoms with van der Waals surface area (Å²) in [5.41, 5.74) is 8.18. The Bertz CT molecular complexity index is 2690. The minimum atomic E-state index is -1.18. The van der Waals surface area contributed by atoms with Crippen molar-refractivity contribution in [3.63, 3.8) is 0 Å². The number of nitrogens with one attached hydrogen (secondary N) is 1. The number of rotatable bonds is 13. The fourth-order valence-electron chi connectivity index (χ4n) is 8.38. The average molecular weight is 880 g/mol. The Kier molecular flexibility index (Phi) is 12.8. The van der Waals surface area contributed by atoms with E-state index in [1.807, 2.05) is 97.1 Å². The molecule has 6 aromatic rings. The highest BCUT2D eigenvalue weighted by molar-refractivity contribution is 6.42. The Labute approximate surface area is 376 Å². The molecule has 2 unspecified atom stereocenters. The van der Waals surface area contributed by atoms with Crippen molar-refractivity contribution in [1.29, 1.82) is 5.26 Å². The number of carbonyl (C=O) groups excluding carboxylic acids is 2. The van der Waals surface area contributed by atoms with Crippen LogP contribution in [0.2, 0.25) is 10.0 Å². The van der Waals surface area contributed by atoms with Crippen LogP contribution in [0.4, 0.5) is 5.69 Å². The summed E-state index contributed by atoms with van der Waals surface area (Å²) in [5, 5.41) is 23.4. The van der Waals surface area contributed by atoms with Gasteiger partial charge in [-0.2, -0.15) is 5.26 Å². The number of carbonyl (C=O) groups is 3. The van der Waals surface area contributed by atoms with Crippen LogP contribution in [0, 0.1) is 11.3 Å². The molecule has 4 atom stereocenters. The second-order valence-electron chi connectivity index (χ2n) is 15.8. The van der Waals surface area contributed by atoms with E-state index in [0.717, 1.165) is 38.9 Å². The standard InChI is InChI=1S/C51H44Cl2N4O6/c1-3-44(36-7-5-4-6-8-36)57-29-39-27-47-45(56(2)50(59)48(63-47)37-18-20-40(21-19-37)62-30-33-13-22-41(52)42(53)23-33)25-38(39)26-46(57)49(58)55-43(51(60)61)24-31-9-14-34(15-10-31)35-16-11-32(28-54)12-17-35/h4-23,25,27,43-44,46,48H,3,24,26,29-30H2,1-2H3,(H,55,58)(H,60,61)/t43-,44?,46?,48+/m0/s1. The van der Waals surface area contributed by atoms with Crippen LogP contribution in [-0.2, 0) is 40.4 Å². The van der Waals surface area contributed by atoms with E-state index in [1.165, 1.54) is 0 Å². The van der Waals surface area contributed by atoms with Crippen LogP contribution >= 0.6 is 23.2 Å². The van der Waals surface area contributed by atoms with Crippen molar-refractivity contribution >= 4 is 46.7 Å². The molecule has 0 saturated heterocycles. The number of hydrogen-bond donors (Lipinski definition) is 2. The molecule has 63 heavy (non-hydrogen) atoms. The molecule has 0 saturated carbocycles. The maximum atomic E-state index is 14.5. The lowest BCUT2D eigenvalue weighted by atomic mass is 9.88. The molecule has 10 nitrogen and oxygen atoms in total. The van der Waals surface area contributed by atoms with Crippen LogP contribution in [0.1, 0.15) is 64.4 Å². The molecule has 2 aliphatic heterocycles. The Morgan fingerprint density at radius 2 is 1.56 bits per heavy atom. The highest BCUT2D eigenvalue weighted by Crippen LogP contribution is 2.43. The summed E-state index contributed by atoms with van der Waals surface area (Å²) in [7, 11) is 1.72. The topological polar surface area (TPSA) is 132 Å². The predicted octanol–water partition coefficient (Wildman–Crippen LogP) is 9.90. The Balaban J connectivity index is 1.02. The zero-order valence-corrected chi connectivity index (χ0v) is 36.1. The van der Waals surface area contributed by atoms with E-state index in [0.29, 0.717) is 57.7 Å². The number of halogens is 2. The van der Waals surface area contributed by atoms with E-state index in [2.05, 4.69) is 23.2 Å². The minimum absolute atomic E-state index is 0.0846. The molecule has 12 heteroatoms. The minimum Gasteiger partial charge on any atom is -0.489 e. The summed E-state index contributed by atoms with van der Waals surface area (Å²) in [5.74, 6) is -0.610. The third-order valence-corrected chi connectivity index (χ3v) is 12.5. The Morgan fingerprint density at radius 1 is 0.873 bits per heavy atom. The number of nitrogens with zero attached hydrogens (tertiary/aromatic N) is 3. The molecule has 0 fully saturated rings. The molecule has 2 aliphatic rings. The SMILES string of the molecule is CCC(c1ccccc1)N1Cc2cc3c(cc2CC1C(=O)N[C@@H](Cc1ccc(-c2ccc(C#N)cc2)cc1)C(=O)O)N(C)C(=O)[C@@H](c1ccc(OCc2ccc(Cl)c(Cl)c2)cc1)O3. The van der Waals surface area contributed by atoms with Gasteiger partial charge in [0.1, 0.15) is 24.1 Å². The van der Waals surface area contributed by atoms with Gasteiger partial charge in [0.2, 0.25) is 12.0 Å². The number of carboxylic acid groups (broad SMARTS) is 1. The molecular formula is C51H44Cl2N4O6. The molecule has 6 aromatic carbocycles. The molecule has 318 valence electrons. The fourth-order valence-corrected chi connectivity index (χ4v) is 8.70. The summed E-state index contributed by atoms with van der Waals surface area (Å²) in [6.07, 6.45) is 0.181. The first-order chi connectivity index (χ1) is 30.5. The summed E-state index contributed by atoms with van der Waals surface area (Å²) >= 11 is 12.2. The second kappa shape index (κ2) is 18.8. The summed E-state index contributed by atoms with van der Waals surface area (Å²) in [6.45, 7) is 2.75. The highest BCUT2D eigenvalue weighted by atomic mass is 35.5. The van der Waals surface area contributed by atoms with E-state index >= 15 is 0 Å².